The van der Waals surface area contributed by atoms with Crippen LogP contribution in [0.1, 0.15) is 11.4 Å². The molecule has 48 valence electrons. The Morgan fingerprint density at radius 3 is 1.89 bits per heavy atom. The fourth-order valence-corrected chi connectivity index (χ4v) is 0.550. The molecule has 0 bridgehead atoms. The Balaban J connectivity index is 0.000000640. The third-order valence-electron chi connectivity index (χ3n) is 0.870. The Labute approximate surface area is 69.0 Å². The number of nitrogens with zero attached hydrogens (tertiary/aromatic N) is 2. The van der Waals surface area contributed by atoms with Crippen molar-refractivity contribution >= 4 is 0 Å². The number of hydrogen-bond donors (Lipinski definition) is 0. The van der Waals surface area contributed by atoms with Crippen molar-refractivity contribution in [2.45, 2.75) is 13.8 Å². The average molecular weight is 291 g/mol. The molecule has 0 aromatic carbocycles. The van der Waals surface area contributed by atoms with E-state index in [2.05, 4.69) is 16.3 Å². The topological polar surface area (TPSA) is 25.8 Å². The summed E-state index contributed by atoms with van der Waals surface area (Å²) in [6.07, 6.45) is 2.53. The van der Waals surface area contributed by atoms with Crippen molar-refractivity contribution < 1.29 is 21.1 Å². The minimum atomic E-state index is 0. The molecule has 1 aromatic rings. The molecule has 2 nitrogen and oxygen atoms in total. The van der Waals surface area contributed by atoms with E-state index in [9.17, 15) is 0 Å². The first-order valence-corrected chi connectivity index (χ1v) is 2.47. The number of hydrogen-bond acceptors (Lipinski definition) is 2. The van der Waals surface area contributed by atoms with Crippen molar-refractivity contribution in [1.82, 2.24) is 9.97 Å². The quantitative estimate of drug-likeness (QED) is 0.664. The van der Waals surface area contributed by atoms with Crippen LogP contribution in [-0.2, 0) is 21.1 Å². The van der Waals surface area contributed by atoms with Gasteiger partial charge in [0.1, 0.15) is 0 Å². The molecule has 0 saturated carbocycles. The molecule has 1 heterocycles. The summed E-state index contributed by atoms with van der Waals surface area (Å²) in [6.45, 7) is 3.84. The summed E-state index contributed by atoms with van der Waals surface area (Å²) < 4.78 is 0. The zero-order valence-electron chi connectivity index (χ0n) is 5.38. The summed E-state index contributed by atoms with van der Waals surface area (Å²) in [7, 11) is 0. The zero-order chi connectivity index (χ0) is 5.98. The van der Waals surface area contributed by atoms with E-state index in [4.69, 9.17) is 0 Å². The van der Waals surface area contributed by atoms with E-state index in [1.54, 1.807) is 0 Å². The minimum Gasteiger partial charge on any atom is -0.371 e. The van der Waals surface area contributed by atoms with Gasteiger partial charge in [-0.15, -0.1) is 6.07 Å². The fraction of sp³-hybridized carbons (Fsp3) is 0.333. The van der Waals surface area contributed by atoms with Gasteiger partial charge in [0, 0.05) is 27.4 Å². The molecular formula is C6H7N2W-. The third-order valence-corrected chi connectivity index (χ3v) is 0.870. The second-order valence-electron chi connectivity index (χ2n) is 1.75. The van der Waals surface area contributed by atoms with Crippen molar-refractivity contribution in [3.8, 4) is 0 Å². The van der Waals surface area contributed by atoms with E-state index < -0.39 is 0 Å². The first-order chi connectivity index (χ1) is 3.79. The van der Waals surface area contributed by atoms with Crippen LogP contribution in [0.2, 0.25) is 0 Å². The monoisotopic (exact) mass is 291 g/mol. The van der Waals surface area contributed by atoms with Crippen LogP contribution >= 0.6 is 0 Å². The van der Waals surface area contributed by atoms with Gasteiger partial charge in [-0.25, -0.2) is 0 Å². The van der Waals surface area contributed by atoms with Gasteiger partial charge in [-0.3, -0.25) is 0 Å². The predicted octanol–water partition coefficient (Wildman–Crippen LogP) is 0.891. The van der Waals surface area contributed by atoms with Crippen LogP contribution < -0.4 is 0 Å². The molecule has 0 aliphatic rings. The summed E-state index contributed by atoms with van der Waals surface area (Å²) in [5, 5.41) is 0. The maximum atomic E-state index is 3.80. The molecule has 0 amide bonds. The molecule has 0 saturated heterocycles. The maximum absolute atomic E-state index is 3.80. The molecule has 3 heteroatoms. The van der Waals surface area contributed by atoms with Crippen molar-refractivity contribution in [3.63, 3.8) is 0 Å². The van der Waals surface area contributed by atoms with Gasteiger partial charge in [0.05, 0.1) is 0 Å². The summed E-state index contributed by atoms with van der Waals surface area (Å²) in [5.41, 5.74) is 1.94. The van der Waals surface area contributed by atoms with Crippen molar-refractivity contribution in [3.05, 3.63) is 23.8 Å². The first-order valence-electron chi connectivity index (χ1n) is 2.47. The molecule has 0 unspecified atom stereocenters. The summed E-state index contributed by atoms with van der Waals surface area (Å²) in [6, 6.07) is 1.91. The molecule has 0 spiro atoms. The molecule has 0 aliphatic heterocycles. The van der Waals surface area contributed by atoms with Crippen LogP contribution in [0.4, 0.5) is 0 Å². The summed E-state index contributed by atoms with van der Waals surface area (Å²) in [4.78, 5) is 7.61. The van der Waals surface area contributed by atoms with Crippen LogP contribution in [0.3, 0.4) is 0 Å². The smallest absolute Gasteiger partial charge is 0.0218 e. The molecule has 0 aliphatic carbocycles. The van der Waals surface area contributed by atoms with Gasteiger partial charge < -0.3 is 9.97 Å². The Morgan fingerprint density at radius 2 is 1.67 bits per heavy atom. The second kappa shape index (κ2) is 3.73. The van der Waals surface area contributed by atoms with Crippen LogP contribution in [0, 0.1) is 20.2 Å². The van der Waals surface area contributed by atoms with Gasteiger partial charge in [0.2, 0.25) is 0 Å². The van der Waals surface area contributed by atoms with E-state index in [0.717, 1.165) is 11.4 Å². The number of aromatic nitrogens is 2. The van der Waals surface area contributed by atoms with E-state index in [0.29, 0.717) is 0 Å². The Bertz CT molecular complexity index is 171. The first kappa shape index (κ1) is 8.77. The molecule has 1 aromatic heterocycles. The predicted molar refractivity (Wildman–Crippen MR) is 30.3 cm³/mol. The minimum absolute atomic E-state index is 0. The molecule has 0 radical (unpaired) electrons. The zero-order valence-corrected chi connectivity index (χ0v) is 8.31. The standard InChI is InChI=1S/C6H7N2.W/c1-5-3-6(2)8-4-7-5;/h3H,1-2H3;/q-1;. The summed E-state index contributed by atoms with van der Waals surface area (Å²) in [5.74, 6) is 0. The molecule has 9 heavy (non-hydrogen) atoms. The second-order valence-corrected chi connectivity index (χ2v) is 1.75. The number of rotatable bonds is 0. The normalized spacial score (nSPS) is 8.22. The van der Waals surface area contributed by atoms with Gasteiger partial charge in [0.15, 0.2) is 0 Å². The molecular weight excluding hydrogens is 284 g/mol. The van der Waals surface area contributed by atoms with Crippen molar-refractivity contribution in [2.75, 3.05) is 0 Å². The van der Waals surface area contributed by atoms with Gasteiger partial charge >= 0.3 is 0 Å². The van der Waals surface area contributed by atoms with E-state index >= 15 is 0 Å². The van der Waals surface area contributed by atoms with E-state index in [1.165, 1.54) is 0 Å². The van der Waals surface area contributed by atoms with E-state index in [-0.39, 0.29) is 21.1 Å². The summed E-state index contributed by atoms with van der Waals surface area (Å²) >= 11 is 0. The average Bonchev–Trinajstić information content (AvgIpc) is 1.64. The fourth-order valence-electron chi connectivity index (χ4n) is 0.550. The Morgan fingerprint density at radius 1 is 1.22 bits per heavy atom. The van der Waals surface area contributed by atoms with Crippen LogP contribution in [0.5, 0.6) is 0 Å². The van der Waals surface area contributed by atoms with Crippen LogP contribution in [0.15, 0.2) is 6.07 Å². The van der Waals surface area contributed by atoms with Crippen LogP contribution in [0.25, 0.3) is 0 Å². The maximum Gasteiger partial charge on any atom is 0.0218 e. The van der Waals surface area contributed by atoms with Crippen molar-refractivity contribution in [1.29, 1.82) is 0 Å². The van der Waals surface area contributed by atoms with Gasteiger partial charge in [-0.1, -0.05) is 25.2 Å². The molecule has 0 fully saturated rings. The van der Waals surface area contributed by atoms with Crippen LogP contribution in [-0.4, -0.2) is 9.97 Å². The Hall–Kier alpha value is -0.232. The third kappa shape index (κ3) is 2.71. The van der Waals surface area contributed by atoms with Gasteiger partial charge in [0.25, 0.3) is 0 Å². The SMILES string of the molecule is Cc1cc(C)n[c-]n1.[W]. The largest absolute Gasteiger partial charge is 0.371 e. The molecule has 0 atom stereocenters. The van der Waals surface area contributed by atoms with Gasteiger partial charge in [-0.05, 0) is 0 Å². The molecule has 1 rings (SSSR count). The number of aryl methyl sites for hydroxylation is 2. The van der Waals surface area contributed by atoms with Gasteiger partial charge in [-0.2, -0.15) is 0 Å². The Kier molecular flexibility index (Phi) is 3.63. The molecule has 0 N–H and O–H groups in total. The van der Waals surface area contributed by atoms with Crippen molar-refractivity contribution in [2.24, 2.45) is 0 Å². The van der Waals surface area contributed by atoms with E-state index in [1.807, 2.05) is 19.9 Å².